The second-order valence-corrected chi connectivity index (χ2v) is 10.4. The second kappa shape index (κ2) is 8.99. The third kappa shape index (κ3) is 4.10. The van der Waals surface area contributed by atoms with Crippen molar-refractivity contribution in [2.24, 2.45) is 0 Å². The minimum Gasteiger partial charge on any atom is -0.504 e. The van der Waals surface area contributed by atoms with Gasteiger partial charge >= 0.3 is 0 Å². The van der Waals surface area contributed by atoms with Crippen molar-refractivity contribution in [1.82, 2.24) is 15.0 Å². The third-order valence-corrected chi connectivity index (χ3v) is 8.62. The maximum atomic E-state index is 11.8. The predicted octanol–water partition coefficient (Wildman–Crippen LogP) is 4.19. The van der Waals surface area contributed by atoms with Crippen LogP contribution in [0.1, 0.15) is 59.2 Å². The van der Waals surface area contributed by atoms with Crippen LogP contribution in [0.2, 0.25) is 0 Å². The van der Waals surface area contributed by atoms with Gasteiger partial charge in [-0.05, 0) is 68.5 Å². The summed E-state index contributed by atoms with van der Waals surface area (Å²) in [5.74, 6) is 0.0453. The molecule has 2 N–H and O–H groups in total. The molecule has 3 aromatic rings. The van der Waals surface area contributed by atoms with Crippen LogP contribution in [0.5, 0.6) is 11.5 Å². The molecule has 2 aliphatic rings. The highest BCUT2D eigenvalue weighted by atomic mass is 32.1. The van der Waals surface area contributed by atoms with Gasteiger partial charge in [0.25, 0.3) is 0 Å². The van der Waals surface area contributed by atoms with Gasteiger partial charge in [-0.2, -0.15) is 0 Å². The maximum Gasteiger partial charge on any atom is 0.219 e. The molecule has 4 heterocycles. The quantitative estimate of drug-likeness (QED) is 0.545. The molecule has 1 amide bonds. The Bertz CT molecular complexity index is 1180. The first kappa shape index (κ1) is 22.2. The molecule has 0 aliphatic carbocycles. The lowest BCUT2D eigenvalue weighted by atomic mass is 9.91. The fraction of sp³-hybridized carbons (Fsp3) is 0.520. The van der Waals surface area contributed by atoms with Crippen LogP contribution in [0, 0.1) is 0 Å². The highest BCUT2D eigenvalue weighted by molar-refractivity contribution is 7.12. The lowest BCUT2D eigenvalue weighted by Gasteiger charge is -2.31. The van der Waals surface area contributed by atoms with Crippen molar-refractivity contribution in [2.45, 2.75) is 58.4 Å². The lowest BCUT2D eigenvalue weighted by Crippen LogP contribution is -2.34. The topological polar surface area (TPSA) is 90.0 Å². The van der Waals surface area contributed by atoms with Crippen LogP contribution in [0.4, 0.5) is 0 Å². The molecule has 0 bridgehead atoms. The molecule has 2 aromatic heterocycles. The SMILES string of the molecule is CCc1c(CCN2CCC(c3noc4c(O)c(O)ccc34)CC2)sc2c1CCN(C(C)=O)C2. The van der Waals surface area contributed by atoms with Gasteiger partial charge in [-0.25, -0.2) is 0 Å². The summed E-state index contributed by atoms with van der Waals surface area (Å²) in [5.41, 5.74) is 4.17. The molecule has 33 heavy (non-hydrogen) atoms. The van der Waals surface area contributed by atoms with E-state index in [-0.39, 0.29) is 23.0 Å². The minimum absolute atomic E-state index is 0.170. The van der Waals surface area contributed by atoms with Gasteiger partial charge in [0.15, 0.2) is 5.75 Å². The van der Waals surface area contributed by atoms with E-state index < -0.39 is 0 Å². The number of fused-ring (bicyclic) bond motifs is 2. The predicted molar refractivity (Wildman–Crippen MR) is 128 cm³/mol. The Hall–Kier alpha value is -2.58. The molecule has 1 saturated heterocycles. The van der Waals surface area contributed by atoms with Crippen LogP contribution < -0.4 is 0 Å². The highest BCUT2D eigenvalue weighted by Crippen LogP contribution is 2.39. The van der Waals surface area contributed by atoms with E-state index in [4.69, 9.17) is 4.52 Å². The third-order valence-electron chi connectivity index (χ3n) is 7.30. The average Bonchev–Trinajstić information content (AvgIpc) is 3.41. The first-order valence-electron chi connectivity index (χ1n) is 11.9. The van der Waals surface area contributed by atoms with Gasteiger partial charge in [0, 0.05) is 41.1 Å². The van der Waals surface area contributed by atoms with Crippen molar-refractivity contribution in [1.29, 1.82) is 0 Å². The summed E-state index contributed by atoms with van der Waals surface area (Å²) in [5, 5.41) is 24.7. The molecule has 5 rings (SSSR count). The number of piperidine rings is 1. The van der Waals surface area contributed by atoms with Gasteiger partial charge in [-0.3, -0.25) is 4.79 Å². The summed E-state index contributed by atoms with van der Waals surface area (Å²) >= 11 is 1.91. The van der Waals surface area contributed by atoms with E-state index >= 15 is 0 Å². The van der Waals surface area contributed by atoms with Crippen LogP contribution >= 0.6 is 11.3 Å². The van der Waals surface area contributed by atoms with Crippen LogP contribution in [0.3, 0.4) is 0 Å². The second-order valence-electron chi connectivity index (χ2n) is 9.19. The molecule has 0 radical (unpaired) electrons. The number of likely N-dealkylation sites (tertiary alicyclic amines) is 1. The Labute approximate surface area is 197 Å². The number of hydrogen-bond donors (Lipinski definition) is 2. The zero-order valence-corrected chi connectivity index (χ0v) is 20.1. The van der Waals surface area contributed by atoms with E-state index in [0.717, 1.165) is 75.9 Å². The maximum absolute atomic E-state index is 11.8. The Morgan fingerprint density at radius 2 is 2.03 bits per heavy atom. The Morgan fingerprint density at radius 1 is 1.24 bits per heavy atom. The summed E-state index contributed by atoms with van der Waals surface area (Å²) in [4.78, 5) is 19.2. The van der Waals surface area contributed by atoms with E-state index in [1.165, 1.54) is 26.9 Å². The molecule has 0 spiro atoms. The number of phenols is 2. The molecular formula is C25H31N3O4S. The highest BCUT2D eigenvalue weighted by Gasteiger charge is 2.28. The molecule has 1 fully saturated rings. The summed E-state index contributed by atoms with van der Waals surface area (Å²) < 4.78 is 5.34. The van der Waals surface area contributed by atoms with Gasteiger partial charge in [0.2, 0.25) is 17.2 Å². The smallest absolute Gasteiger partial charge is 0.219 e. The number of aromatic hydroxyl groups is 2. The summed E-state index contributed by atoms with van der Waals surface area (Å²) in [6.45, 7) is 8.58. The lowest BCUT2D eigenvalue weighted by molar-refractivity contribution is -0.129. The molecule has 2 aliphatic heterocycles. The number of thiophene rings is 1. The number of rotatable bonds is 5. The number of benzene rings is 1. The molecule has 0 atom stereocenters. The normalized spacial score (nSPS) is 17.6. The van der Waals surface area contributed by atoms with Crippen molar-refractivity contribution in [3.05, 3.63) is 38.7 Å². The van der Waals surface area contributed by atoms with Crippen molar-refractivity contribution in [2.75, 3.05) is 26.2 Å². The number of nitrogens with zero attached hydrogens (tertiary/aromatic N) is 3. The summed E-state index contributed by atoms with van der Waals surface area (Å²) in [7, 11) is 0. The number of hydrogen-bond acceptors (Lipinski definition) is 7. The van der Waals surface area contributed by atoms with E-state index in [9.17, 15) is 15.0 Å². The number of phenolic OH excluding ortho intramolecular Hbond substituents is 2. The van der Waals surface area contributed by atoms with E-state index in [1.54, 1.807) is 13.0 Å². The zero-order valence-electron chi connectivity index (χ0n) is 19.3. The Kier molecular flexibility index (Phi) is 6.05. The van der Waals surface area contributed by atoms with E-state index in [1.807, 2.05) is 16.2 Å². The number of amides is 1. The van der Waals surface area contributed by atoms with Gasteiger partial charge < -0.3 is 24.5 Å². The molecule has 1 aromatic carbocycles. The first-order chi connectivity index (χ1) is 16.0. The van der Waals surface area contributed by atoms with Gasteiger partial charge in [0.1, 0.15) is 0 Å². The van der Waals surface area contributed by atoms with Crippen LogP contribution in [-0.4, -0.2) is 57.3 Å². The van der Waals surface area contributed by atoms with Crippen molar-refractivity contribution in [3.8, 4) is 11.5 Å². The fourth-order valence-electron chi connectivity index (χ4n) is 5.39. The van der Waals surface area contributed by atoms with E-state index in [2.05, 4.69) is 17.0 Å². The number of aromatic nitrogens is 1. The number of carbonyl (C=O) groups is 1. The van der Waals surface area contributed by atoms with Gasteiger partial charge in [-0.15, -0.1) is 11.3 Å². The molecular weight excluding hydrogens is 438 g/mol. The van der Waals surface area contributed by atoms with Crippen molar-refractivity contribution in [3.63, 3.8) is 0 Å². The van der Waals surface area contributed by atoms with E-state index in [0.29, 0.717) is 5.92 Å². The van der Waals surface area contributed by atoms with Crippen LogP contribution in [-0.2, 0) is 30.6 Å². The average molecular weight is 470 g/mol. The van der Waals surface area contributed by atoms with Gasteiger partial charge in [0.05, 0.1) is 12.2 Å². The molecule has 0 unspecified atom stereocenters. The molecule has 176 valence electrons. The van der Waals surface area contributed by atoms with Crippen LogP contribution in [0.25, 0.3) is 11.0 Å². The monoisotopic (exact) mass is 469 g/mol. The standard InChI is InChI=1S/C25H31N3O4S/c1-3-17-18-8-13-28(15(2)29)14-22(18)33-21(17)9-12-27-10-6-16(7-11-27)23-19-4-5-20(30)24(31)25(19)32-26-23/h4-5,16,30-31H,3,6-14H2,1-2H3. The summed E-state index contributed by atoms with van der Waals surface area (Å²) in [6.07, 6.45) is 5.10. The largest absolute Gasteiger partial charge is 0.504 e. The van der Waals surface area contributed by atoms with Crippen LogP contribution in [0.15, 0.2) is 16.7 Å². The van der Waals surface area contributed by atoms with Crippen molar-refractivity contribution < 1.29 is 19.5 Å². The zero-order chi connectivity index (χ0) is 23.1. The van der Waals surface area contributed by atoms with Crippen molar-refractivity contribution >= 4 is 28.2 Å². The molecule has 8 heteroatoms. The Morgan fingerprint density at radius 3 is 2.76 bits per heavy atom. The fourth-order valence-corrected chi connectivity index (χ4v) is 6.84. The number of carbonyl (C=O) groups excluding carboxylic acids is 1. The van der Waals surface area contributed by atoms with Gasteiger partial charge in [-0.1, -0.05) is 12.1 Å². The summed E-state index contributed by atoms with van der Waals surface area (Å²) in [6, 6.07) is 3.27. The minimum atomic E-state index is -0.236. The molecule has 7 nitrogen and oxygen atoms in total. The molecule has 0 saturated carbocycles. The Balaban J connectivity index is 1.21. The first-order valence-corrected chi connectivity index (χ1v) is 12.7.